The molecule has 6 nitrogen and oxygen atoms in total. The van der Waals surface area contributed by atoms with Crippen LogP contribution in [0, 0.1) is 0 Å². The van der Waals surface area contributed by atoms with E-state index in [1.807, 2.05) is 11.6 Å². The molecule has 1 aliphatic rings. The third-order valence-corrected chi connectivity index (χ3v) is 5.01. The van der Waals surface area contributed by atoms with Crippen LogP contribution in [0.3, 0.4) is 0 Å². The molecular formula is C12H13ClN6S. The fourth-order valence-corrected chi connectivity index (χ4v) is 4.07. The first-order valence-corrected chi connectivity index (χ1v) is 7.83. The van der Waals surface area contributed by atoms with Crippen molar-refractivity contribution in [2.45, 2.75) is 31.6 Å². The molecule has 3 heterocycles. The Hall–Kier alpha value is -1.47. The summed E-state index contributed by atoms with van der Waals surface area (Å²) in [5.41, 5.74) is 0.833. The lowest BCUT2D eigenvalue weighted by molar-refractivity contribution is 0.641. The van der Waals surface area contributed by atoms with Gasteiger partial charge in [-0.15, -0.1) is 10.2 Å². The zero-order chi connectivity index (χ0) is 13.7. The largest absolute Gasteiger partial charge is 0.264 e. The summed E-state index contributed by atoms with van der Waals surface area (Å²) in [5, 5.41) is 18.8. The first-order valence-electron chi connectivity index (χ1n) is 6.64. The molecule has 0 spiro atoms. The Balaban J connectivity index is 1.83. The molecule has 20 heavy (non-hydrogen) atoms. The lowest BCUT2D eigenvalue weighted by atomic mass is 10.1. The molecule has 0 N–H and O–H groups in total. The van der Waals surface area contributed by atoms with E-state index in [-0.39, 0.29) is 0 Å². The van der Waals surface area contributed by atoms with Crippen LogP contribution in [0.1, 0.15) is 37.4 Å². The zero-order valence-corrected chi connectivity index (χ0v) is 12.5. The summed E-state index contributed by atoms with van der Waals surface area (Å²) in [6.45, 7) is 0. The molecule has 4 rings (SSSR count). The highest BCUT2D eigenvalue weighted by Crippen LogP contribution is 2.35. The van der Waals surface area contributed by atoms with E-state index in [0.717, 1.165) is 21.5 Å². The van der Waals surface area contributed by atoms with Gasteiger partial charge in [0.25, 0.3) is 0 Å². The van der Waals surface area contributed by atoms with Gasteiger partial charge in [-0.3, -0.25) is 4.68 Å². The molecule has 1 fully saturated rings. The Morgan fingerprint density at radius 1 is 1.30 bits per heavy atom. The van der Waals surface area contributed by atoms with Gasteiger partial charge in [0.1, 0.15) is 5.69 Å². The minimum atomic E-state index is 0.488. The molecule has 0 atom stereocenters. The van der Waals surface area contributed by atoms with E-state index in [0.29, 0.717) is 10.9 Å². The number of fused-ring (bicyclic) bond motifs is 1. The van der Waals surface area contributed by atoms with Gasteiger partial charge in [0.05, 0.1) is 11.2 Å². The Kier molecular flexibility index (Phi) is 2.78. The van der Waals surface area contributed by atoms with Crippen molar-refractivity contribution in [2.24, 2.45) is 7.05 Å². The fourth-order valence-electron chi connectivity index (χ4n) is 2.82. The Labute approximate surface area is 124 Å². The van der Waals surface area contributed by atoms with Crippen LogP contribution < -0.4 is 0 Å². The van der Waals surface area contributed by atoms with Crippen molar-refractivity contribution >= 4 is 27.9 Å². The second-order valence-electron chi connectivity index (χ2n) is 5.11. The van der Waals surface area contributed by atoms with E-state index < -0.39 is 0 Å². The quantitative estimate of drug-likeness (QED) is 0.730. The van der Waals surface area contributed by atoms with Crippen molar-refractivity contribution in [1.29, 1.82) is 0 Å². The lowest BCUT2D eigenvalue weighted by Gasteiger charge is -2.03. The van der Waals surface area contributed by atoms with Crippen LogP contribution in [0.5, 0.6) is 0 Å². The molecule has 0 bridgehead atoms. The van der Waals surface area contributed by atoms with E-state index in [1.54, 1.807) is 10.9 Å². The maximum absolute atomic E-state index is 6.18. The Morgan fingerprint density at radius 2 is 2.10 bits per heavy atom. The second kappa shape index (κ2) is 4.53. The average Bonchev–Trinajstić information content (AvgIpc) is 3.12. The van der Waals surface area contributed by atoms with E-state index in [2.05, 4.69) is 20.4 Å². The maximum atomic E-state index is 6.18. The molecule has 0 saturated heterocycles. The molecule has 0 unspecified atom stereocenters. The molecular weight excluding hydrogens is 296 g/mol. The van der Waals surface area contributed by atoms with Crippen LogP contribution in [0.2, 0.25) is 5.02 Å². The van der Waals surface area contributed by atoms with Crippen LogP contribution in [0.15, 0.2) is 6.20 Å². The third kappa shape index (κ3) is 1.76. The summed E-state index contributed by atoms with van der Waals surface area (Å²) in [6, 6.07) is 0. The first kappa shape index (κ1) is 12.3. The van der Waals surface area contributed by atoms with Crippen LogP contribution in [-0.2, 0) is 7.05 Å². The summed E-state index contributed by atoms with van der Waals surface area (Å²) >= 11 is 7.68. The molecule has 0 aromatic carbocycles. The predicted molar refractivity (Wildman–Crippen MR) is 77.1 cm³/mol. The molecule has 104 valence electrons. The molecule has 1 aliphatic carbocycles. The molecule has 8 heteroatoms. The number of aromatic nitrogens is 6. The van der Waals surface area contributed by atoms with E-state index >= 15 is 0 Å². The van der Waals surface area contributed by atoms with Gasteiger partial charge in [0.2, 0.25) is 4.96 Å². The van der Waals surface area contributed by atoms with Gasteiger partial charge in [-0.05, 0) is 12.8 Å². The average molecular weight is 309 g/mol. The van der Waals surface area contributed by atoms with E-state index in [1.165, 1.54) is 37.0 Å². The maximum Gasteiger partial charge on any atom is 0.235 e. The minimum absolute atomic E-state index is 0.488. The van der Waals surface area contributed by atoms with Crippen LogP contribution >= 0.6 is 22.9 Å². The minimum Gasteiger partial charge on any atom is -0.264 e. The van der Waals surface area contributed by atoms with Crippen molar-refractivity contribution in [3.63, 3.8) is 0 Å². The fraction of sp³-hybridized carbons (Fsp3) is 0.500. The SMILES string of the molecule is Cn1ncc(Cl)c1-c1nn2c(C3CCCC3)nnc2s1. The summed E-state index contributed by atoms with van der Waals surface area (Å²) in [5.74, 6) is 1.47. The highest BCUT2D eigenvalue weighted by atomic mass is 35.5. The van der Waals surface area contributed by atoms with Gasteiger partial charge in [0.15, 0.2) is 10.8 Å². The Morgan fingerprint density at radius 3 is 2.80 bits per heavy atom. The number of nitrogens with zero attached hydrogens (tertiary/aromatic N) is 6. The molecule has 1 saturated carbocycles. The van der Waals surface area contributed by atoms with Gasteiger partial charge < -0.3 is 0 Å². The number of halogens is 1. The monoisotopic (exact) mass is 308 g/mol. The van der Waals surface area contributed by atoms with Gasteiger partial charge in [0, 0.05) is 13.0 Å². The first-order chi connectivity index (χ1) is 9.74. The molecule has 3 aromatic heterocycles. The second-order valence-corrected chi connectivity index (χ2v) is 6.47. The van der Waals surface area contributed by atoms with E-state index in [4.69, 9.17) is 11.6 Å². The smallest absolute Gasteiger partial charge is 0.235 e. The van der Waals surface area contributed by atoms with Gasteiger partial charge in [-0.2, -0.15) is 14.7 Å². The van der Waals surface area contributed by atoms with Crippen LogP contribution in [0.25, 0.3) is 15.7 Å². The number of aryl methyl sites for hydroxylation is 1. The zero-order valence-electron chi connectivity index (χ0n) is 11.0. The normalized spacial score (nSPS) is 16.5. The summed E-state index contributed by atoms with van der Waals surface area (Å²) < 4.78 is 3.61. The number of hydrogen-bond acceptors (Lipinski definition) is 5. The highest BCUT2D eigenvalue weighted by Gasteiger charge is 2.25. The third-order valence-electron chi connectivity index (χ3n) is 3.83. The Bertz CT molecular complexity index is 747. The van der Waals surface area contributed by atoms with Crippen LogP contribution in [-0.4, -0.2) is 29.6 Å². The standard InChI is InChI=1S/C12H13ClN6S/c1-18-9(8(13)6-14-18)11-17-19-10(7-4-2-3-5-7)15-16-12(19)20-11/h6-7H,2-5H2,1H3. The van der Waals surface area contributed by atoms with Gasteiger partial charge in [-0.1, -0.05) is 35.8 Å². The molecule has 0 radical (unpaired) electrons. The molecule has 0 amide bonds. The van der Waals surface area contributed by atoms with Crippen molar-refractivity contribution in [3.05, 3.63) is 17.0 Å². The topological polar surface area (TPSA) is 60.9 Å². The summed E-state index contributed by atoms with van der Waals surface area (Å²) in [6.07, 6.45) is 6.53. The number of hydrogen-bond donors (Lipinski definition) is 0. The van der Waals surface area contributed by atoms with Gasteiger partial charge >= 0.3 is 0 Å². The van der Waals surface area contributed by atoms with Crippen LogP contribution in [0.4, 0.5) is 0 Å². The highest BCUT2D eigenvalue weighted by molar-refractivity contribution is 7.19. The van der Waals surface area contributed by atoms with Crippen molar-refractivity contribution in [2.75, 3.05) is 0 Å². The predicted octanol–water partition coefficient (Wildman–Crippen LogP) is 2.90. The van der Waals surface area contributed by atoms with Gasteiger partial charge in [-0.25, -0.2) is 0 Å². The molecule has 3 aromatic rings. The van der Waals surface area contributed by atoms with Crippen molar-refractivity contribution in [1.82, 2.24) is 29.6 Å². The summed E-state index contributed by atoms with van der Waals surface area (Å²) in [4.78, 5) is 0.819. The van der Waals surface area contributed by atoms with E-state index in [9.17, 15) is 0 Å². The van der Waals surface area contributed by atoms with Crippen molar-refractivity contribution in [3.8, 4) is 10.7 Å². The summed E-state index contributed by atoms with van der Waals surface area (Å²) in [7, 11) is 1.86. The van der Waals surface area contributed by atoms with Crippen molar-refractivity contribution < 1.29 is 0 Å². The number of rotatable bonds is 2. The molecule has 0 aliphatic heterocycles. The lowest BCUT2D eigenvalue weighted by Crippen LogP contribution is -2.01.